The van der Waals surface area contributed by atoms with Gasteiger partial charge in [0, 0.05) is 42.6 Å². The van der Waals surface area contributed by atoms with Crippen molar-refractivity contribution in [3.05, 3.63) is 16.1 Å². The number of rotatable bonds is 7. The molecule has 0 aliphatic heterocycles. The minimum Gasteiger partial charge on any atom is -0.356 e. The molecule has 0 amide bonds. The van der Waals surface area contributed by atoms with Crippen molar-refractivity contribution in [2.75, 3.05) is 26.4 Å². The Kier molecular flexibility index (Phi) is 10.7. The van der Waals surface area contributed by atoms with E-state index in [0.29, 0.717) is 5.92 Å². The van der Waals surface area contributed by atoms with Crippen LogP contribution in [-0.4, -0.2) is 42.1 Å². The molecule has 4 nitrogen and oxygen atoms in total. The van der Waals surface area contributed by atoms with Crippen molar-refractivity contribution in [2.24, 2.45) is 4.99 Å². The number of nitrogens with one attached hydrogen (secondary N) is 2. The van der Waals surface area contributed by atoms with E-state index >= 15 is 0 Å². The van der Waals surface area contributed by atoms with Crippen LogP contribution in [0.25, 0.3) is 0 Å². The molecule has 7 heteroatoms. The van der Waals surface area contributed by atoms with E-state index < -0.39 is 0 Å². The molecule has 0 fully saturated rings. The number of nitrogens with zero attached hydrogens (tertiary/aromatic N) is 2. The van der Waals surface area contributed by atoms with E-state index in [1.807, 2.05) is 11.8 Å². The van der Waals surface area contributed by atoms with Crippen molar-refractivity contribution in [3.63, 3.8) is 0 Å². The minimum atomic E-state index is 0. The zero-order valence-corrected chi connectivity index (χ0v) is 18.4. The van der Waals surface area contributed by atoms with E-state index in [1.54, 1.807) is 18.4 Å². The van der Waals surface area contributed by atoms with Gasteiger partial charge in [0.1, 0.15) is 0 Å². The third-order valence-corrected chi connectivity index (χ3v) is 5.64. The Morgan fingerprint density at radius 1 is 1.41 bits per heavy atom. The van der Waals surface area contributed by atoms with Crippen molar-refractivity contribution >= 4 is 53.0 Å². The van der Waals surface area contributed by atoms with Crippen molar-refractivity contribution in [1.29, 1.82) is 0 Å². The molecule has 0 saturated heterocycles. The normalized spacial score (nSPS) is 12.2. The number of guanidine groups is 1. The molecule has 0 aliphatic rings. The number of halogens is 1. The second-order valence-electron chi connectivity index (χ2n) is 5.90. The van der Waals surface area contributed by atoms with E-state index in [2.05, 4.69) is 59.9 Å². The quantitative estimate of drug-likeness (QED) is 0.373. The minimum absolute atomic E-state index is 0. The summed E-state index contributed by atoms with van der Waals surface area (Å²) in [5.74, 6) is 1.37. The van der Waals surface area contributed by atoms with Gasteiger partial charge in [0.2, 0.25) is 0 Å². The van der Waals surface area contributed by atoms with Crippen LogP contribution < -0.4 is 10.6 Å². The summed E-state index contributed by atoms with van der Waals surface area (Å²) in [4.78, 5) is 8.90. The zero-order chi connectivity index (χ0) is 15.9. The Morgan fingerprint density at radius 2 is 2.09 bits per heavy atom. The van der Waals surface area contributed by atoms with Crippen molar-refractivity contribution in [2.45, 2.75) is 44.8 Å². The molecule has 0 spiro atoms. The van der Waals surface area contributed by atoms with Crippen LogP contribution >= 0.6 is 47.1 Å². The smallest absolute Gasteiger partial charge is 0.191 e. The molecule has 0 bridgehead atoms. The SMILES string of the molecule is CN=C(NCCc1csc(C(C)C)n1)NCC(C)(C)SC.I. The van der Waals surface area contributed by atoms with Gasteiger partial charge in [-0.05, 0) is 20.1 Å². The lowest BCUT2D eigenvalue weighted by molar-refractivity contribution is 0.663. The van der Waals surface area contributed by atoms with Gasteiger partial charge in [-0.1, -0.05) is 13.8 Å². The number of aliphatic imine (C=N–C) groups is 1. The number of hydrogen-bond donors (Lipinski definition) is 2. The molecule has 0 aromatic carbocycles. The van der Waals surface area contributed by atoms with E-state index in [4.69, 9.17) is 0 Å². The fourth-order valence-corrected chi connectivity index (χ4v) is 2.69. The lowest BCUT2D eigenvalue weighted by Gasteiger charge is -2.23. The summed E-state index contributed by atoms with van der Waals surface area (Å²) in [6.07, 6.45) is 3.06. The van der Waals surface area contributed by atoms with Gasteiger partial charge in [-0.2, -0.15) is 11.8 Å². The summed E-state index contributed by atoms with van der Waals surface area (Å²) in [6, 6.07) is 0. The topological polar surface area (TPSA) is 49.3 Å². The van der Waals surface area contributed by atoms with Crippen molar-refractivity contribution < 1.29 is 0 Å². The molecule has 1 aromatic heterocycles. The Hall–Kier alpha value is -0.0200. The highest BCUT2D eigenvalue weighted by Gasteiger charge is 2.16. The summed E-state index contributed by atoms with van der Waals surface area (Å²) < 4.78 is 0.207. The lowest BCUT2D eigenvalue weighted by Crippen LogP contribution is -2.43. The second kappa shape index (κ2) is 10.7. The maximum Gasteiger partial charge on any atom is 0.191 e. The number of aromatic nitrogens is 1. The summed E-state index contributed by atoms with van der Waals surface area (Å²) in [5.41, 5.74) is 1.16. The molecule has 0 saturated carbocycles. The largest absolute Gasteiger partial charge is 0.356 e. The number of thiazole rings is 1. The lowest BCUT2D eigenvalue weighted by atomic mass is 10.2. The summed E-state index contributed by atoms with van der Waals surface area (Å²) in [7, 11) is 1.81. The van der Waals surface area contributed by atoms with Gasteiger partial charge in [-0.15, -0.1) is 35.3 Å². The van der Waals surface area contributed by atoms with Crippen LogP contribution in [-0.2, 0) is 6.42 Å². The fraction of sp³-hybridized carbons (Fsp3) is 0.733. The Morgan fingerprint density at radius 3 is 2.59 bits per heavy atom. The second-order valence-corrected chi connectivity index (χ2v) is 8.30. The van der Waals surface area contributed by atoms with Gasteiger partial charge in [0.25, 0.3) is 0 Å². The van der Waals surface area contributed by atoms with E-state index in [-0.39, 0.29) is 28.7 Å². The number of thioether (sulfide) groups is 1. The Balaban J connectivity index is 0.00000441. The molecular weight excluding hydrogens is 427 g/mol. The highest BCUT2D eigenvalue weighted by atomic mass is 127. The predicted molar refractivity (Wildman–Crippen MR) is 112 cm³/mol. The standard InChI is InChI=1S/C15H28N4S2.HI/c1-11(2)13-19-12(9-21-13)7-8-17-14(16-5)18-10-15(3,4)20-6;/h9,11H,7-8,10H2,1-6H3,(H2,16,17,18);1H. The van der Waals surface area contributed by atoms with Crippen molar-refractivity contribution in [3.8, 4) is 0 Å². The van der Waals surface area contributed by atoms with Crippen LogP contribution in [0.3, 0.4) is 0 Å². The fourth-order valence-electron chi connectivity index (χ4n) is 1.60. The first-order chi connectivity index (χ1) is 9.88. The molecule has 1 rings (SSSR count). The van der Waals surface area contributed by atoms with Gasteiger partial charge in [-0.3, -0.25) is 4.99 Å². The molecule has 0 aliphatic carbocycles. The number of hydrogen-bond acceptors (Lipinski definition) is 4. The zero-order valence-electron chi connectivity index (χ0n) is 14.4. The van der Waals surface area contributed by atoms with Crippen LogP contribution in [0.5, 0.6) is 0 Å². The molecule has 2 N–H and O–H groups in total. The van der Waals surface area contributed by atoms with E-state index in [9.17, 15) is 0 Å². The maximum atomic E-state index is 4.65. The summed E-state index contributed by atoms with van der Waals surface area (Å²) in [6.45, 7) is 10.5. The van der Waals surface area contributed by atoms with E-state index in [1.165, 1.54) is 5.01 Å². The molecule has 1 heterocycles. The first-order valence-corrected chi connectivity index (χ1v) is 9.42. The Labute approximate surface area is 160 Å². The van der Waals surface area contributed by atoms with Gasteiger partial charge in [0.15, 0.2) is 5.96 Å². The molecule has 128 valence electrons. The molecule has 22 heavy (non-hydrogen) atoms. The first kappa shape index (κ1) is 22.0. The van der Waals surface area contributed by atoms with Gasteiger partial charge in [0.05, 0.1) is 10.7 Å². The molecule has 0 unspecified atom stereocenters. The van der Waals surface area contributed by atoms with Crippen LogP contribution in [0.15, 0.2) is 10.4 Å². The van der Waals surface area contributed by atoms with Gasteiger partial charge in [-0.25, -0.2) is 4.98 Å². The molecule has 1 aromatic rings. The van der Waals surface area contributed by atoms with Crippen molar-refractivity contribution in [1.82, 2.24) is 15.6 Å². The molecule has 0 radical (unpaired) electrons. The summed E-state index contributed by atoms with van der Waals surface area (Å²) in [5, 5.41) is 10.1. The summed E-state index contributed by atoms with van der Waals surface area (Å²) >= 11 is 3.60. The van der Waals surface area contributed by atoms with Crippen LogP contribution in [0.4, 0.5) is 0 Å². The Bertz CT molecular complexity index is 458. The van der Waals surface area contributed by atoms with Crippen LogP contribution in [0.2, 0.25) is 0 Å². The highest BCUT2D eigenvalue weighted by molar-refractivity contribution is 14.0. The first-order valence-electron chi connectivity index (χ1n) is 7.32. The molecular formula is C15H29IN4S2. The van der Waals surface area contributed by atoms with Crippen LogP contribution in [0, 0.1) is 0 Å². The average molecular weight is 456 g/mol. The third-order valence-electron chi connectivity index (χ3n) is 3.19. The molecule has 0 atom stereocenters. The maximum absolute atomic E-state index is 4.65. The van der Waals surface area contributed by atoms with E-state index in [0.717, 1.165) is 31.2 Å². The van der Waals surface area contributed by atoms with Gasteiger partial charge < -0.3 is 10.6 Å². The monoisotopic (exact) mass is 456 g/mol. The van der Waals surface area contributed by atoms with Gasteiger partial charge >= 0.3 is 0 Å². The average Bonchev–Trinajstić information content (AvgIpc) is 2.91. The predicted octanol–water partition coefficient (Wildman–Crippen LogP) is 3.73. The third kappa shape index (κ3) is 8.01. The highest BCUT2D eigenvalue weighted by Crippen LogP contribution is 2.20. The van der Waals surface area contributed by atoms with Crippen LogP contribution in [0.1, 0.15) is 44.3 Å².